The molecule has 1 aromatic carbocycles. The van der Waals surface area contributed by atoms with E-state index in [0.29, 0.717) is 23.8 Å². The Morgan fingerprint density at radius 2 is 1.97 bits per heavy atom. The van der Waals surface area contributed by atoms with Crippen molar-refractivity contribution in [3.63, 3.8) is 0 Å². The number of aromatic nitrogens is 4. The zero-order valence-electron chi connectivity index (χ0n) is 19.3. The average Bonchev–Trinajstić information content (AvgIpc) is 3.36. The van der Waals surface area contributed by atoms with Crippen LogP contribution < -0.4 is 5.32 Å². The van der Waals surface area contributed by atoms with E-state index in [-0.39, 0.29) is 23.2 Å². The highest BCUT2D eigenvalue weighted by molar-refractivity contribution is 6.32. The summed E-state index contributed by atoms with van der Waals surface area (Å²) in [5.41, 5.74) is 0.268. The zero-order chi connectivity index (χ0) is 25.0. The number of halogens is 4. The number of fused-ring (bicyclic) bond motifs is 1. The summed E-state index contributed by atoms with van der Waals surface area (Å²) in [7, 11) is 1.42. The van der Waals surface area contributed by atoms with Gasteiger partial charge in [-0.05, 0) is 56.5 Å². The second kappa shape index (κ2) is 8.88. The Labute approximate surface area is 205 Å². The van der Waals surface area contributed by atoms with E-state index in [1.165, 1.54) is 7.05 Å². The lowest BCUT2D eigenvalue weighted by atomic mass is 9.85. The molecule has 0 radical (unpaired) electrons. The standard InChI is InChI=1S/C23H26ClF3N6O2/c1-22(12-35-11-19(22)34)33-5-3-13(4-6-33)15-8-17-14(7-16(15)24)10-28-21(29-17)30-20-9-18(23(25,26)27)31-32(20)2/h7-10,13,19,34H,3-6,11-12H2,1-2H3,(H,28,29,30)/t19-,22+/m1/s1. The maximum absolute atomic E-state index is 13.0. The third kappa shape index (κ3) is 4.57. The summed E-state index contributed by atoms with van der Waals surface area (Å²) in [6, 6.07) is 4.68. The minimum atomic E-state index is -4.54. The molecule has 0 amide bonds. The second-order valence-electron chi connectivity index (χ2n) is 9.44. The van der Waals surface area contributed by atoms with Crippen molar-refractivity contribution in [2.24, 2.45) is 7.05 Å². The number of aryl methyl sites for hydroxylation is 1. The molecule has 0 unspecified atom stereocenters. The topological polar surface area (TPSA) is 88.3 Å². The van der Waals surface area contributed by atoms with Crippen LogP contribution in [0.1, 0.15) is 36.9 Å². The number of rotatable bonds is 4. The van der Waals surface area contributed by atoms with Crippen molar-refractivity contribution in [3.05, 3.63) is 40.7 Å². The molecule has 2 aliphatic rings. The number of aliphatic hydroxyl groups is 1. The van der Waals surface area contributed by atoms with Crippen LogP contribution in [-0.2, 0) is 18.0 Å². The predicted molar refractivity (Wildman–Crippen MR) is 125 cm³/mol. The minimum Gasteiger partial charge on any atom is -0.389 e. The molecule has 2 aromatic heterocycles. The van der Waals surface area contributed by atoms with Crippen LogP contribution >= 0.6 is 11.6 Å². The zero-order valence-corrected chi connectivity index (χ0v) is 20.1. The van der Waals surface area contributed by atoms with Gasteiger partial charge in [0.1, 0.15) is 5.82 Å². The van der Waals surface area contributed by atoms with Crippen molar-refractivity contribution in [2.75, 3.05) is 31.6 Å². The summed E-state index contributed by atoms with van der Waals surface area (Å²) in [5, 5.41) is 18.1. The molecular weight excluding hydrogens is 485 g/mol. The highest BCUT2D eigenvalue weighted by Gasteiger charge is 2.45. The summed E-state index contributed by atoms with van der Waals surface area (Å²) >= 11 is 6.62. The molecule has 8 nitrogen and oxygen atoms in total. The van der Waals surface area contributed by atoms with Crippen LogP contribution in [0.4, 0.5) is 24.9 Å². The van der Waals surface area contributed by atoms with E-state index in [2.05, 4.69) is 25.3 Å². The van der Waals surface area contributed by atoms with Crippen molar-refractivity contribution in [3.8, 4) is 0 Å². The molecule has 3 aromatic rings. The molecule has 0 saturated carbocycles. The molecule has 2 fully saturated rings. The Morgan fingerprint density at radius 1 is 1.23 bits per heavy atom. The van der Waals surface area contributed by atoms with Crippen molar-refractivity contribution >= 4 is 34.3 Å². The van der Waals surface area contributed by atoms with E-state index in [1.54, 1.807) is 6.20 Å². The number of alkyl halides is 3. The minimum absolute atomic E-state index is 0.129. The van der Waals surface area contributed by atoms with Gasteiger partial charge in [-0.1, -0.05) is 11.6 Å². The quantitative estimate of drug-likeness (QED) is 0.546. The van der Waals surface area contributed by atoms with Crippen LogP contribution in [0.2, 0.25) is 5.02 Å². The summed E-state index contributed by atoms with van der Waals surface area (Å²) in [6.45, 7) is 4.55. The predicted octanol–water partition coefficient (Wildman–Crippen LogP) is 4.11. The first-order chi connectivity index (χ1) is 16.5. The fraction of sp³-hybridized carbons (Fsp3) is 0.522. The van der Waals surface area contributed by atoms with Crippen LogP contribution in [-0.4, -0.2) is 67.7 Å². The van der Waals surface area contributed by atoms with Gasteiger partial charge in [0.2, 0.25) is 5.95 Å². The molecular formula is C23H26ClF3N6O2. The molecule has 2 aliphatic heterocycles. The fourth-order valence-electron chi connectivity index (χ4n) is 4.93. The van der Waals surface area contributed by atoms with Crippen molar-refractivity contribution in [1.82, 2.24) is 24.6 Å². The smallest absolute Gasteiger partial charge is 0.389 e. The Morgan fingerprint density at radius 3 is 2.60 bits per heavy atom. The van der Waals surface area contributed by atoms with Crippen LogP contribution in [0.25, 0.3) is 10.9 Å². The SMILES string of the molecule is Cn1nc(C(F)(F)F)cc1Nc1ncc2cc(Cl)c(C3CCN([C@@]4(C)COC[C@H]4O)CC3)cc2n1. The molecule has 0 spiro atoms. The summed E-state index contributed by atoms with van der Waals surface area (Å²) < 4.78 is 45.5. The van der Waals surface area contributed by atoms with Crippen molar-refractivity contribution in [2.45, 2.75) is 43.5 Å². The van der Waals surface area contributed by atoms with Gasteiger partial charge in [0.05, 0.1) is 30.4 Å². The number of hydrogen-bond acceptors (Lipinski definition) is 7. The van der Waals surface area contributed by atoms with Gasteiger partial charge in [-0.25, -0.2) is 9.97 Å². The highest BCUT2D eigenvalue weighted by atomic mass is 35.5. The highest BCUT2D eigenvalue weighted by Crippen LogP contribution is 2.38. The van der Waals surface area contributed by atoms with Gasteiger partial charge in [-0.3, -0.25) is 9.58 Å². The number of nitrogens with one attached hydrogen (secondary N) is 1. The number of aliphatic hydroxyl groups excluding tert-OH is 1. The number of benzene rings is 1. The van der Waals surface area contributed by atoms with E-state index in [1.807, 2.05) is 19.1 Å². The lowest BCUT2D eigenvalue weighted by Gasteiger charge is -2.43. The third-order valence-electron chi connectivity index (χ3n) is 7.15. The van der Waals surface area contributed by atoms with E-state index in [4.69, 9.17) is 16.3 Å². The van der Waals surface area contributed by atoms with E-state index in [9.17, 15) is 18.3 Å². The summed E-state index contributed by atoms with van der Waals surface area (Å²) in [5.74, 6) is 0.522. The average molecular weight is 511 g/mol. The molecule has 0 aliphatic carbocycles. The van der Waals surface area contributed by atoms with Crippen molar-refractivity contribution < 1.29 is 23.0 Å². The Bertz CT molecular complexity index is 1240. The van der Waals surface area contributed by atoms with Gasteiger partial charge in [0.25, 0.3) is 0 Å². The van der Waals surface area contributed by atoms with Gasteiger partial charge < -0.3 is 15.2 Å². The summed E-state index contributed by atoms with van der Waals surface area (Å²) in [6.07, 6.45) is -1.70. The Hall–Kier alpha value is -2.47. The number of likely N-dealkylation sites (tertiary alicyclic amines) is 1. The van der Waals surface area contributed by atoms with Gasteiger partial charge in [-0.2, -0.15) is 18.3 Å². The molecule has 35 heavy (non-hydrogen) atoms. The van der Waals surface area contributed by atoms with Crippen molar-refractivity contribution in [1.29, 1.82) is 0 Å². The van der Waals surface area contributed by atoms with Gasteiger partial charge >= 0.3 is 6.18 Å². The molecule has 2 atom stereocenters. The third-order valence-corrected chi connectivity index (χ3v) is 7.48. The van der Waals surface area contributed by atoms with Crippen LogP contribution in [0.5, 0.6) is 0 Å². The fourth-order valence-corrected chi connectivity index (χ4v) is 5.26. The van der Waals surface area contributed by atoms with Gasteiger partial charge in [0.15, 0.2) is 5.69 Å². The number of nitrogens with zero attached hydrogens (tertiary/aromatic N) is 5. The lowest BCUT2D eigenvalue weighted by molar-refractivity contribution is -0.141. The maximum Gasteiger partial charge on any atom is 0.435 e. The van der Waals surface area contributed by atoms with Crippen LogP contribution in [0, 0.1) is 0 Å². The maximum atomic E-state index is 13.0. The Kier molecular flexibility index (Phi) is 6.15. The molecule has 4 heterocycles. The van der Waals surface area contributed by atoms with E-state index >= 15 is 0 Å². The molecule has 188 valence electrons. The number of ether oxygens (including phenoxy) is 1. The second-order valence-corrected chi connectivity index (χ2v) is 9.84. The molecule has 2 saturated heterocycles. The lowest BCUT2D eigenvalue weighted by Crippen LogP contribution is -2.56. The van der Waals surface area contributed by atoms with E-state index in [0.717, 1.165) is 47.6 Å². The van der Waals surface area contributed by atoms with Crippen LogP contribution in [0.15, 0.2) is 24.4 Å². The molecule has 12 heteroatoms. The van der Waals surface area contributed by atoms with E-state index < -0.39 is 18.0 Å². The van der Waals surface area contributed by atoms with Gasteiger partial charge in [-0.15, -0.1) is 0 Å². The molecule has 0 bridgehead atoms. The first kappa shape index (κ1) is 24.2. The summed E-state index contributed by atoms with van der Waals surface area (Å²) in [4.78, 5) is 11.0. The van der Waals surface area contributed by atoms with Crippen LogP contribution in [0.3, 0.4) is 0 Å². The number of anilines is 2. The Balaban J connectivity index is 1.35. The number of hydrogen-bond donors (Lipinski definition) is 2. The largest absolute Gasteiger partial charge is 0.435 e. The molecule has 2 N–H and O–H groups in total. The first-order valence-corrected chi connectivity index (χ1v) is 11.8. The molecule has 5 rings (SSSR count). The normalized spacial score (nSPS) is 24.4. The monoisotopic (exact) mass is 510 g/mol. The van der Waals surface area contributed by atoms with Gasteiger partial charge in [0, 0.05) is 29.7 Å². The first-order valence-electron chi connectivity index (χ1n) is 11.4. The number of piperidine rings is 1.